The molecule has 2 amide bonds. The van der Waals surface area contributed by atoms with Crippen LogP contribution < -0.4 is 15.4 Å². The van der Waals surface area contributed by atoms with E-state index in [4.69, 9.17) is 9.47 Å². The van der Waals surface area contributed by atoms with Gasteiger partial charge < -0.3 is 20.1 Å². The van der Waals surface area contributed by atoms with Crippen LogP contribution in [0.15, 0.2) is 24.3 Å². The van der Waals surface area contributed by atoms with E-state index in [2.05, 4.69) is 16.7 Å². The summed E-state index contributed by atoms with van der Waals surface area (Å²) in [7, 11) is 3.29. The summed E-state index contributed by atoms with van der Waals surface area (Å²) in [6.07, 6.45) is 2.91. The number of unbranched alkanes of at least 4 members (excludes halogenated alkanes) is 1. The lowest BCUT2D eigenvalue weighted by Crippen LogP contribution is -2.37. The van der Waals surface area contributed by atoms with E-state index in [-0.39, 0.29) is 6.03 Å². The molecule has 0 aromatic heterocycles. The van der Waals surface area contributed by atoms with Crippen LogP contribution >= 0.6 is 0 Å². The van der Waals surface area contributed by atoms with Gasteiger partial charge in [0, 0.05) is 20.2 Å². The van der Waals surface area contributed by atoms with Crippen molar-refractivity contribution in [2.24, 2.45) is 0 Å². The average Bonchev–Trinajstić information content (AvgIpc) is 2.47. The zero-order valence-corrected chi connectivity index (χ0v) is 12.3. The van der Waals surface area contributed by atoms with Gasteiger partial charge in [-0.05, 0) is 30.9 Å². The standard InChI is InChI=1S/C15H24N2O3/c1-19-12-11-17-15(18)16-10-6-5-8-13-7-3-4-9-14(13)20-2/h3-4,7,9H,5-6,8,10-12H2,1-2H3,(H2,16,17,18). The molecule has 20 heavy (non-hydrogen) atoms. The van der Waals surface area contributed by atoms with Crippen molar-refractivity contribution in [3.05, 3.63) is 29.8 Å². The Bertz CT molecular complexity index is 396. The minimum atomic E-state index is -0.139. The Morgan fingerprint density at radius 3 is 2.60 bits per heavy atom. The van der Waals surface area contributed by atoms with Crippen LogP contribution in [0.3, 0.4) is 0 Å². The second-order valence-electron chi connectivity index (χ2n) is 4.44. The van der Waals surface area contributed by atoms with E-state index in [0.717, 1.165) is 25.0 Å². The minimum Gasteiger partial charge on any atom is -0.496 e. The maximum Gasteiger partial charge on any atom is 0.314 e. The van der Waals surface area contributed by atoms with E-state index >= 15 is 0 Å². The highest BCUT2D eigenvalue weighted by Gasteiger charge is 2.02. The first-order chi connectivity index (χ1) is 9.77. The maximum absolute atomic E-state index is 11.4. The fourth-order valence-corrected chi connectivity index (χ4v) is 1.88. The van der Waals surface area contributed by atoms with Gasteiger partial charge in [-0.1, -0.05) is 18.2 Å². The van der Waals surface area contributed by atoms with Crippen LogP contribution in [0.25, 0.3) is 0 Å². The van der Waals surface area contributed by atoms with Gasteiger partial charge in [0.15, 0.2) is 0 Å². The Labute approximate surface area is 120 Å². The van der Waals surface area contributed by atoms with Crippen molar-refractivity contribution in [1.82, 2.24) is 10.6 Å². The lowest BCUT2D eigenvalue weighted by Gasteiger charge is -2.09. The van der Waals surface area contributed by atoms with E-state index < -0.39 is 0 Å². The van der Waals surface area contributed by atoms with Crippen LogP contribution in [0, 0.1) is 0 Å². The summed E-state index contributed by atoms with van der Waals surface area (Å²) < 4.78 is 10.2. The number of rotatable bonds is 9. The van der Waals surface area contributed by atoms with Gasteiger partial charge in [0.05, 0.1) is 13.7 Å². The monoisotopic (exact) mass is 280 g/mol. The Kier molecular flexibility index (Phi) is 8.22. The highest BCUT2D eigenvalue weighted by atomic mass is 16.5. The Morgan fingerprint density at radius 1 is 1.10 bits per heavy atom. The second-order valence-corrected chi connectivity index (χ2v) is 4.44. The predicted molar refractivity (Wildman–Crippen MR) is 79.2 cm³/mol. The average molecular weight is 280 g/mol. The van der Waals surface area contributed by atoms with Gasteiger partial charge in [-0.25, -0.2) is 4.79 Å². The minimum absolute atomic E-state index is 0.139. The van der Waals surface area contributed by atoms with E-state index in [1.807, 2.05) is 18.2 Å². The third-order valence-corrected chi connectivity index (χ3v) is 2.94. The largest absolute Gasteiger partial charge is 0.496 e. The highest BCUT2D eigenvalue weighted by Crippen LogP contribution is 2.19. The molecule has 1 aromatic rings. The number of carbonyl (C=O) groups excluding carboxylic acids is 1. The Morgan fingerprint density at radius 2 is 1.85 bits per heavy atom. The molecule has 0 atom stereocenters. The lowest BCUT2D eigenvalue weighted by molar-refractivity contribution is 0.196. The Balaban J connectivity index is 2.11. The normalized spacial score (nSPS) is 10.1. The van der Waals surface area contributed by atoms with Crippen LogP contribution in [0.2, 0.25) is 0 Å². The molecule has 0 fully saturated rings. The van der Waals surface area contributed by atoms with Gasteiger partial charge in [-0.3, -0.25) is 0 Å². The van der Waals surface area contributed by atoms with Crippen molar-refractivity contribution < 1.29 is 14.3 Å². The lowest BCUT2D eigenvalue weighted by atomic mass is 10.1. The number of carbonyl (C=O) groups is 1. The first-order valence-corrected chi connectivity index (χ1v) is 6.90. The molecule has 0 saturated carbocycles. The van der Waals surface area contributed by atoms with Gasteiger partial charge >= 0.3 is 6.03 Å². The number of urea groups is 1. The second kappa shape index (κ2) is 10.1. The number of hydrogen-bond donors (Lipinski definition) is 2. The topological polar surface area (TPSA) is 59.6 Å². The molecule has 112 valence electrons. The van der Waals surface area contributed by atoms with Crippen LogP contribution in [0.5, 0.6) is 5.75 Å². The number of benzene rings is 1. The van der Waals surface area contributed by atoms with Gasteiger partial charge in [-0.15, -0.1) is 0 Å². The molecule has 0 aliphatic carbocycles. The number of amides is 2. The van der Waals surface area contributed by atoms with Crippen LogP contribution in [0.4, 0.5) is 4.79 Å². The van der Waals surface area contributed by atoms with E-state index in [0.29, 0.717) is 19.7 Å². The van der Waals surface area contributed by atoms with Gasteiger partial charge in [0.1, 0.15) is 5.75 Å². The third-order valence-electron chi connectivity index (χ3n) is 2.94. The third kappa shape index (κ3) is 6.43. The van der Waals surface area contributed by atoms with Crippen LogP contribution in [-0.4, -0.2) is 39.9 Å². The van der Waals surface area contributed by atoms with Crippen molar-refractivity contribution in [2.75, 3.05) is 33.9 Å². The molecule has 0 unspecified atom stereocenters. The predicted octanol–water partition coefficient (Wildman–Crippen LogP) is 1.96. The van der Waals surface area contributed by atoms with Crippen LogP contribution in [0.1, 0.15) is 18.4 Å². The van der Waals surface area contributed by atoms with Crippen molar-refractivity contribution in [2.45, 2.75) is 19.3 Å². The summed E-state index contributed by atoms with van der Waals surface area (Å²) in [6.45, 7) is 1.73. The fourth-order valence-electron chi connectivity index (χ4n) is 1.88. The zero-order valence-electron chi connectivity index (χ0n) is 12.3. The maximum atomic E-state index is 11.4. The molecule has 0 bridgehead atoms. The number of methoxy groups -OCH3 is 2. The molecule has 0 aliphatic heterocycles. The van der Waals surface area contributed by atoms with Gasteiger partial charge in [-0.2, -0.15) is 0 Å². The molecule has 5 heteroatoms. The summed E-state index contributed by atoms with van der Waals surface area (Å²) in [5.74, 6) is 0.928. The summed E-state index contributed by atoms with van der Waals surface area (Å²) in [6, 6.07) is 7.88. The zero-order chi connectivity index (χ0) is 14.6. The summed E-state index contributed by atoms with van der Waals surface area (Å²) in [5, 5.41) is 5.53. The molecule has 1 rings (SSSR count). The van der Waals surface area contributed by atoms with Crippen LogP contribution in [-0.2, 0) is 11.2 Å². The SMILES string of the molecule is COCCNC(=O)NCCCCc1ccccc1OC. The molecule has 1 aromatic carbocycles. The number of hydrogen-bond acceptors (Lipinski definition) is 3. The molecular formula is C15H24N2O3. The van der Waals surface area contributed by atoms with E-state index in [1.54, 1.807) is 14.2 Å². The first kappa shape index (κ1) is 16.3. The first-order valence-electron chi connectivity index (χ1n) is 6.90. The molecule has 0 radical (unpaired) electrons. The molecule has 0 saturated heterocycles. The number of nitrogens with one attached hydrogen (secondary N) is 2. The highest BCUT2D eigenvalue weighted by molar-refractivity contribution is 5.73. The summed E-state index contributed by atoms with van der Waals surface area (Å²) in [4.78, 5) is 11.4. The molecular weight excluding hydrogens is 256 g/mol. The number of ether oxygens (including phenoxy) is 2. The van der Waals surface area contributed by atoms with Crippen molar-refractivity contribution in [3.8, 4) is 5.75 Å². The molecule has 0 spiro atoms. The van der Waals surface area contributed by atoms with Crippen molar-refractivity contribution in [3.63, 3.8) is 0 Å². The molecule has 2 N–H and O–H groups in total. The van der Waals surface area contributed by atoms with Crippen molar-refractivity contribution in [1.29, 1.82) is 0 Å². The van der Waals surface area contributed by atoms with E-state index in [1.165, 1.54) is 5.56 Å². The Hall–Kier alpha value is -1.75. The fraction of sp³-hybridized carbons (Fsp3) is 0.533. The number of aryl methyl sites for hydroxylation is 1. The number of para-hydroxylation sites is 1. The smallest absolute Gasteiger partial charge is 0.314 e. The van der Waals surface area contributed by atoms with Gasteiger partial charge in [0.25, 0.3) is 0 Å². The quantitative estimate of drug-likeness (QED) is 0.680. The van der Waals surface area contributed by atoms with Crippen molar-refractivity contribution >= 4 is 6.03 Å². The molecule has 0 heterocycles. The summed E-state index contributed by atoms with van der Waals surface area (Å²) in [5.41, 5.74) is 1.21. The van der Waals surface area contributed by atoms with E-state index in [9.17, 15) is 4.79 Å². The van der Waals surface area contributed by atoms with Gasteiger partial charge in [0.2, 0.25) is 0 Å². The molecule has 0 aliphatic rings. The molecule has 5 nitrogen and oxygen atoms in total. The summed E-state index contributed by atoms with van der Waals surface area (Å²) >= 11 is 0.